The van der Waals surface area contributed by atoms with Crippen LogP contribution in [0.4, 0.5) is 0 Å². The van der Waals surface area contributed by atoms with Gasteiger partial charge < -0.3 is 4.74 Å². The second-order valence-corrected chi connectivity index (χ2v) is 4.19. The Labute approximate surface area is 96.5 Å². The summed E-state index contributed by atoms with van der Waals surface area (Å²) in [4.78, 5) is 0. The highest BCUT2D eigenvalue weighted by Crippen LogP contribution is 2.11. The first-order chi connectivity index (χ1) is 7.74. The van der Waals surface area contributed by atoms with Gasteiger partial charge in [0.1, 0.15) is 12.4 Å². The average Bonchev–Trinajstić information content (AvgIpc) is 2.30. The highest BCUT2D eigenvalue weighted by molar-refractivity contribution is 5.26. The van der Waals surface area contributed by atoms with Gasteiger partial charge >= 0.3 is 0 Å². The molecule has 3 nitrogen and oxygen atoms in total. The van der Waals surface area contributed by atoms with Crippen LogP contribution in [0.2, 0.25) is 0 Å². The predicted molar refractivity (Wildman–Crippen MR) is 65.3 cm³/mol. The molecule has 16 heavy (non-hydrogen) atoms. The molecule has 0 amide bonds. The minimum atomic E-state index is 0.234. The Morgan fingerprint density at radius 3 is 2.50 bits per heavy atom. The summed E-state index contributed by atoms with van der Waals surface area (Å²) in [6.45, 7) is 4.81. The molecule has 0 radical (unpaired) electrons. The number of rotatable bonds is 3. The number of hydrogen-bond donors (Lipinski definition) is 2. The van der Waals surface area contributed by atoms with E-state index >= 15 is 0 Å². The van der Waals surface area contributed by atoms with E-state index in [9.17, 15) is 0 Å². The van der Waals surface area contributed by atoms with Crippen LogP contribution in [0.1, 0.15) is 12.5 Å². The lowest BCUT2D eigenvalue weighted by molar-refractivity contribution is 0.264. The van der Waals surface area contributed by atoms with Crippen molar-refractivity contribution in [3.8, 4) is 5.75 Å². The quantitative estimate of drug-likeness (QED) is 0.759. The fraction of sp³-hybridized carbons (Fsp3) is 0.385. The molecule has 2 rings (SSSR count). The fourth-order valence-corrected chi connectivity index (χ4v) is 1.55. The Bertz CT molecular complexity index is 359. The summed E-state index contributed by atoms with van der Waals surface area (Å²) in [5.74, 6) is 0.916. The van der Waals surface area contributed by atoms with Gasteiger partial charge in [0.25, 0.3) is 0 Å². The van der Waals surface area contributed by atoms with Crippen molar-refractivity contribution in [3.05, 3.63) is 42.0 Å². The van der Waals surface area contributed by atoms with Gasteiger partial charge in [0.15, 0.2) is 0 Å². The summed E-state index contributed by atoms with van der Waals surface area (Å²) in [5, 5.41) is 0. The largest absolute Gasteiger partial charge is 0.492 e. The number of hydrogen-bond acceptors (Lipinski definition) is 3. The van der Waals surface area contributed by atoms with E-state index in [2.05, 4.69) is 49.0 Å². The molecule has 0 fully saturated rings. The van der Waals surface area contributed by atoms with Gasteiger partial charge in [-0.15, -0.1) is 0 Å². The van der Waals surface area contributed by atoms with E-state index < -0.39 is 0 Å². The molecule has 2 N–H and O–H groups in total. The van der Waals surface area contributed by atoms with Gasteiger partial charge in [-0.05, 0) is 26.0 Å². The van der Waals surface area contributed by atoms with Crippen molar-refractivity contribution in [2.45, 2.75) is 25.9 Å². The molecule has 1 aromatic carbocycles. The molecule has 0 aliphatic carbocycles. The monoisotopic (exact) mass is 218 g/mol. The summed E-state index contributed by atoms with van der Waals surface area (Å²) >= 11 is 0. The van der Waals surface area contributed by atoms with Crippen molar-refractivity contribution in [1.29, 1.82) is 0 Å². The lowest BCUT2D eigenvalue weighted by Gasteiger charge is -2.23. The van der Waals surface area contributed by atoms with Crippen LogP contribution in [0.3, 0.4) is 0 Å². The zero-order chi connectivity index (χ0) is 11.4. The van der Waals surface area contributed by atoms with E-state index in [0.717, 1.165) is 5.75 Å². The number of benzene rings is 1. The fourth-order valence-electron chi connectivity index (χ4n) is 1.55. The number of ether oxygens (including phenoxy) is 1. The van der Waals surface area contributed by atoms with Crippen LogP contribution in [-0.2, 0) is 0 Å². The molecule has 0 aromatic heterocycles. The number of aryl methyl sites for hydroxylation is 1. The Morgan fingerprint density at radius 1 is 1.12 bits per heavy atom. The summed E-state index contributed by atoms with van der Waals surface area (Å²) in [5.41, 5.74) is 7.60. The van der Waals surface area contributed by atoms with Crippen LogP contribution in [-0.4, -0.2) is 18.7 Å². The molecular formula is C13H18N2O. The van der Waals surface area contributed by atoms with Gasteiger partial charge in [0, 0.05) is 6.04 Å². The average molecular weight is 218 g/mol. The van der Waals surface area contributed by atoms with Gasteiger partial charge in [-0.1, -0.05) is 29.8 Å². The van der Waals surface area contributed by atoms with Gasteiger partial charge in [0.2, 0.25) is 0 Å². The molecular weight excluding hydrogens is 200 g/mol. The highest BCUT2D eigenvalue weighted by atomic mass is 16.5. The first kappa shape index (κ1) is 11.2. The molecule has 0 spiro atoms. The lowest BCUT2D eigenvalue weighted by atomic mass is 10.2. The van der Waals surface area contributed by atoms with Crippen molar-refractivity contribution >= 4 is 0 Å². The summed E-state index contributed by atoms with van der Waals surface area (Å²) < 4.78 is 5.68. The van der Waals surface area contributed by atoms with Gasteiger partial charge in [0.05, 0.1) is 6.04 Å². The Kier molecular flexibility index (Phi) is 3.59. The normalized spacial score (nSPS) is 24.4. The van der Waals surface area contributed by atoms with E-state index in [-0.39, 0.29) is 6.04 Å². The third-order valence-corrected chi connectivity index (χ3v) is 2.58. The number of hydrazine groups is 1. The molecule has 0 saturated heterocycles. The molecule has 1 heterocycles. The van der Waals surface area contributed by atoms with Crippen LogP contribution in [0.5, 0.6) is 5.75 Å². The third-order valence-electron chi connectivity index (χ3n) is 2.58. The smallest absolute Gasteiger partial charge is 0.119 e. The van der Waals surface area contributed by atoms with E-state index in [1.165, 1.54) is 5.56 Å². The van der Waals surface area contributed by atoms with E-state index in [4.69, 9.17) is 4.74 Å². The molecule has 86 valence electrons. The van der Waals surface area contributed by atoms with Crippen LogP contribution < -0.4 is 15.6 Å². The molecule has 2 unspecified atom stereocenters. The molecule has 1 aliphatic rings. The second-order valence-electron chi connectivity index (χ2n) is 4.19. The van der Waals surface area contributed by atoms with Crippen molar-refractivity contribution < 1.29 is 4.74 Å². The van der Waals surface area contributed by atoms with Crippen LogP contribution in [0.25, 0.3) is 0 Å². The maximum atomic E-state index is 5.68. The van der Waals surface area contributed by atoms with Crippen LogP contribution >= 0.6 is 0 Å². The molecule has 1 aliphatic heterocycles. The Balaban J connectivity index is 1.83. The lowest BCUT2D eigenvalue weighted by Crippen LogP contribution is -2.49. The molecule has 2 atom stereocenters. The molecule has 0 saturated carbocycles. The standard InChI is InChI=1S/C13H18N2O/c1-10-3-7-13(8-4-10)16-9-12-6-5-11(2)14-15-12/h3-8,11-12,14-15H,9H2,1-2H3. The van der Waals surface area contributed by atoms with Crippen molar-refractivity contribution in [1.82, 2.24) is 10.9 Å². The third kappa shape index (κ3) is 3.08. The SMILES string of the molecule is Cc1ccc(OCC2C=CC(C)NN2)cc1. The Hall–Kier alpha value is -1.32. The zero-order valence-corrected chi connectivity index (χ0v) is 9.73. The van der Waals surface area contributed by atoms with E-state index in [1.54, 1.807) is 0 Å². The van der Waals surface area contributed by atoms with Gasteiger partial charge in [-0.2, -0.15) is 0 Å². The predicted octanol–water partition coefficient (Wildman–Crippen LogP) is 1.79. The van der Waals surface area contributed by atoms with E-state index in [1.807, 2.05) is 12.1 Å². The van der Waals surface area contributed by atoms with Crippen LogP contribution in [0, 0.1) is 6.92 Å². The zero-order valence-electron chi connectivity index (χ0n) is 9.73. The first-order valence-corrected chi connectivity index (χ1v) is 5.63. The van der Waals surface area contributed by atoms with Crippen molar-refractivity contribution in [3.63, 3.8) is 0 Å². The summed E-state index contributed by atoms with van der Waals surface area (Å²) in [6.07, 6.45) is 4.27. The maximum absolute atomic E-state index is 5.68. The maximum Gasteiger partial charge on any atom is 0.119 e. The highest BCUT2D eigenvalue weighted by Gasteiger charge is 2.11. The van der Waals surface area contributed by atoms with Crippen molar-refractivity contribution in [2.75, 3.05) is 6.61 Å². The summed E-state index contributed by atoms with van der Waals surface area (Å²) in [6, 6.07) is 8.73. The minimum Gasteiger partial charge on any atom is -0.492 e. The second kappa shape index (κ2) is 5.14. The molecule has 3 heteroatoms. The number of nitrogens with one attached hydrogen (secondary N) is 2. The van der Waals surface area contributed by atoms with Crippen molar-refractivity contribution in [2.24, 2.45) is 0 Å². The first-order valence-electron chi connectivity index (χ1n) is 5.63. The molecule has 1 aromatic rings. The Morgan fingerprint density at radius 2 is 1.88 bits per heavy atom. The van der Waals surface area contributed by atoms with E-state index in [0.29, 0.717) is 12.6 Å². The van der Waals surface area contributed by atoms with Crippen LogP contribution in [0.15, 0.2) is 36.4 Å². The minimum absolute atomic E-state index is 0.234. The van der Waals surface area contributed by atoms with Gasteiger partial charge in [-0.25, -0.2) is 5.43 Å². The topological polar surface area (TPSA) is 33.3 Å². The van der Waals surface area contributed by atoms with Gasteiger partial charge in [-0.3, -0.25) is 5.43 Å². The molecule has 0 bridgehead atoms. The summed E-state index contributed by atoms with van der Waals surface area (Å²) in [7, 11) is 0.